The highest BCUT2D eigenvalue weighted by atomic mass is 79.9. The minimum absolute atomic E-state index is 0.186. The molecule has 4 saturated carbocycles. The van der Waals surface area contributed by atoms with E-state index in [0.717, 1.165) is 28.5 Å². The first kappa shape index (κ1) is 34.1. The van der Waals surface area contributed by atoms with Crippen LogP contribution in [0, 0.1) is 11.8 Å². The summed E-state index contributed by atoms with van der Waals surface area (Å²) in [7, 11) is 0. The van der Waals surface area contributed by atoms with E-state index < -0.39 is 0 Å². The molecule has 274 valence electrons. The van der Waals surface area contributed by atoms with E-state index in [9.17, 15) is 0 Å². The van der Waals surface area contributed by atoms with Crippen LogP contribution >= 0.6 is 15.9 Å². The highest BCUT2D eigenvalue weighted by Crippen LogP contribution is 2.66. The van der Waals surface area contributed by atoms with E-state index in [2.05, 4.69) is 139 Å². The maximum atomic E-state index is 5.04. The van der Waals surface area contributed by atoms with Crippen LogP contribution in [0.1, 0.15) is 74.6 Å². The molecule has 4 heteroatoms. The van der Waals surface area contributed by atoms with Crippen molar-refractivity contribution < 1.29 is 0 Å². The molecule has 1 aromatic heterocycles. The molecule has 0 N–H and O–H groups in total. The average molecular weight is 791 g/mol. The van der Waals surface area contributed by atoms with Gasteiger partial charge in [-0.25, -0.2) is 15.0 Å². The number of hydrogen-bond acceptors (Lipinski definition) is 3. The Balaban J connectivity index is 0.912. The van der Waals surface area contributed by atoms with Crippen molar-refractivity contribution in [1.29, 1.82) is 0 Å². The second kappa shape index (κ2) is 12.7. The zero-order valence-corrected chi connectivity index (χ0v) is 33.6. The summed E-state index contributed by atoms with van der Waals surface area (Å²) in [6.07, 6.45) is 8.12. The number of aromatic nitrogens is 3. The molecule has 12 rings (SSSR count). The Labute approximate surface area is 338 Å². The van der Waals surface area contributed by atoms with Gasteiger partial charge in [-0.15, -0.1) is 0 Å². The van der Waals surface area contributed by atoms with Gasteiger partial charge in [-0.1, -0.05) is 151 Å². The third-order valence-electron chi connectivity index (χ3n) is 14.0. The number of hydrogen-bond donors (Lipinski definition) is 0. The summed E-state index contributed by atoms with van der Waals surface area (Å²) in [5, 5.41) is 0. The zero-order chi connectivity index (χ0) is 37.6. The van der Waals surface area contributed by atoms with Gasteiger partial charge in [0.25, 0.3) is 0 Å². The van der Waals surface area contributed by atoms with Crippen LogP contribution in [-0.2, 0) is 16.2 Å². The molecule has 0 aliphatic heterocycles. The van der Waals surface area contributed by atoms with Gasteiger partial charge in [0.05, 0.1) is 0 Å². The highest BCUT2D eigenvalue weighted by molar-refractivity contribution is 9.10. The smallest absolute Gasteiger partial charge is 0.164 e. The van der Waals surface area contributed by atoms with Crippen molar-refractivity contribution in [3.8, 4) is 56.4 Å². The van der Waals surface area contributed by atoms with Crippen molar-refractivity contribution in [1.82, 2.24) is 15.0 Å². The van der Waals surface area contributed by atoms with E-state index in [1.165, 1.54) is 76.4 Å². The predicted molar refractivity (Wildman–Crippen MR) is 231 cm³/mol. The molecule has 5 aliphatic carbocycles. The van der Waals surface area contributed by atoms with Gasteiger partial charge in [-0.05, 0) is 130 Å². The lowest BCUT2D eigenvalue weighted by Gasteiger charge is -2.63. The summed E-state index contributed by atoms with van der Waals surface area (Å²) in [5.74, 6) is 3.72. The Morgan fingerprint density at radius 3 is 1.41 bits per heavy atom. The maximum Gasteiger partial charge on any atom is 0.164 e. The number of fused-ring (bicyclic) bond motifs is 3. The van der Waals surface area contributed by atoms with Crippen molar-refractivity contribution in [2.75, 3.05) is 0 Å². The minimum atomic E-state index is -0.186. The molecule has 7 aromatic rings. The third kappa shape index (κ3) is 5.47. The van der Waals surface area contributed by atoms with E-state index in [1.807, 2.05) is 36.4 Å². The summed E-state index contributed by atoms with van der Waals surface area (Å²) in [6.45, 7) is 4.72. The number of nitrogens with zero attached hydrogens (tertiary/aromatic N) is 3. The largest absolute Gasteiger partial charge is 0.208 e. The Bertz CT molecular complexity index is 2560. The van der Waals surface area contributed by atoms with Crippen LogP contribution in [0.4, 0.5) is 0 Å². The van der Waals surface area contributed by atoms with Crippen molar-refractivity contribution in [3.05, 3.63) is 172 Å². The summed E-state index contributed by atoms with van der Waals surface area (Å²) in [6, 6.07) is 53.4. The second-order valence-electron chi connectivity index (χ2n) is 17.8. The van der Waals surface area contributed by atoms with Crippen LogP contribution in [0.5, 0.6) is 0 Å². The topological polar surface area (TPSA) is 38.7 Å². The fourth-order valence-corrected chi connectivity index (χ4v) is 12.0. The van der Waals surface area contributed by atoms with E-state index in [4.69, 9.17) is 15.0 Å². The fourth-order valence-electron chi connectivity index (χ4n) is 11.8. The second-order valence-corrected chi connectivity index (χ2v) is 18.7. The minimum Gasteiger partial charge on any atom is -0.208 e. The number of rotatable bonds is 6. The van der Waals surface area contributed by atoms with Crippen LogP contribution in [0.25, 0.3) is 56.4 Å². The summed E-state index contributed by atoms with van der Waals surface area (Å²) >= 11 is 3.68. The lowest BCUT2D eigenvalue weighted by molar-refractivity contribution is -0.0281. The first-order chi connectivity index (χ1) is 27.3. The normalized spacial score (nSPS) is 23.8. The summed E-state index contributed by atoms with van der Waals surface area (Å²) in [4.78, 5) is 15.0. The average Bonchev–Trinajstić information content (AvgIpc) is 3.46. The Hall–Kier alpha value is -5.19. The molecule has 0 saturated heterocycles. The fraction of sp³-hybridized carbons (Fsp3) is 0.250. The van der Waals surface area contributed by atoms with Crippen molar-refractivity contribution in [2.45, 2.75) is 68.6 Å². The molecule has 2 atom stereocenters. The van der Waals surface area contributed by atoms with Gasteiger partial charge < -0.3 is 0 Å². The van der Waals surface area contributed by atoms with Crippen molar-refractivity contribution in [3.63, 3.8) is 0 Å². The van der Waals surface area contributed by atoms with Crippen molar-refractivity contribution >= 4 is 15.9 Å². The molecular formula is C52H44BrN3. The zero-order valence-electron chi connectivity index (χ0n) is 32.0. The quantitative estimate of drug-likeness (QED) is 0.168. The Kier molecular flexibility index (Phi) is 7.71. The molecule has 6 aromatic carbocycles. The predicted octanol–water partition coefficient (Wildman–Crippen LogP) is 13.4. The lowest BCUT2D eigenvalue weighted by Crippen LogP contribution is -2.55. The van der Waals surface area contributed by atoms with Gasteiger partial charge in [0.15, 0.2) is 17.5 Å². The van der Waals surface area contributed by atoms with Crippen LogP contribution < -0.4 is 0 Å². The van der Waals surface area contributed by atoms with E-state index in [0.29, 0.717) is 22.9 Å². The lowest BCUT2D eigenvalue weighted by atomic mass is 9.42. The summed E-state index contributed by atoms with van der Waals surface area (Å²) < 4.78 is 1.18. The van der Waals surface area contributed by atoms with Crippen molar-refractivity contribution in [2.24, 2.45) is 11.8 Å². The molecule has 4 fully saturated rings. The van der Waals surface area contributed by atoms with Gasteiger partial charge in [-0.2, -0.15) is 0 Å². The first-order valence-electron chi connectivity index (χ1n) is 20.3. The van der Waals surface area contributed by atoms with Crippen LogP contribution in [0.2, 0.25) is 0 Å². The van der Waals surface area contributed by atoms with Crippen LogP contribution in [0.15, 0.2) is 150 Å². The van der Waals surface area contributed by atoms with Crippen LogP contribution in [0.3, 0.4) is 0 Å². The number of halogens is 1. The molecule has 3 nitrogen and oxygen atoms in total. The first-order valence-corrected chi connectivity index (χ1v) is 21.1. The molecule has 0 spiro atoms. The Morgan fingerprint density at radius 2 is 0.893 bits per heavy atom. The maximum absolute atomic E-state index is 5.04. The standard InChI is InChI=1S/C52H44BrN3/c1-50(2)45-26-38(35-13-17-40(18-14-35)51-28-33-25-34(29-51)31-52(30-33,32-51)41-19-21-42(53)22-20-41)15-23-43(45)44-24-16-39(27-46(44)50)49-55-47(36-9-5-3-6-10-36)54-48(56-49)37-11-7-4-8-12-37/h3-24,26-27,33-34H,25,28-32H2,1-2H3. The monoisotopic (exact) mass is 789 g/mol. The molecule has 4 bridgehead atoms. The molecule has 0 radical (unpaired) electrons. The Morgan fingerprint density at radius 1 is 0.464 bits per heavy atom. The van der Waals surface area contributed by atoms with E-state index in [-0.39, 0.29) is 10.8 Å². The molecule has 0 amide bonds. The SMILES string of the molecule is CC1(C)c2cc(-c3ccc(C45CC6CC(CC(c7ccc(Br)cc7)(C6)C4)C5)cc3)ccc2-c2ccc(-c3nc(-c4ccccc4)nc(-c4ccccc4)n3)cc21. The van der Waals surface area contributed by atoms with Gasteiger partial charge in [0, 0.05) is 26.6 Å². The molecule has 5 aliphatic rings. The van der Waals surface area contributed by atoms with E-state index in [1.54, 1.807) is 11.1 Å². The molecule has 2 unspecified atom stereocenters. The van der Waals surface area contributed by atoms with Gasteiger partial charge >= 0.3 is 0 Å². The number of benzene rings is 6. The van der Waals surface area contributed by atoms with Gasteiger partial charge in [0.1, 0.15) is 0 Å². The molecular weight excluding hydrogens is 746 g/mol. The third-order valence-corrected chi connectivity index (χ3v) is 14.5. The summed E-state index contributed by atoms with van der Waals surface area (Å²) in [5.41, 5.74) is 14.4. The molecule has 56 heavy (non-hydrogen) atoms. The van der Waals surface area contributed by atoms with Gasteiger partial charge in [-0.3, -0.25) is 0 Å². The van der Waals surface area contributed by atoms with Crippen LogP contribution in [-0.4, -0.2) is 15.0 Å². The molecule has 1 heterocycles. The van der Waals surface area contributed by atoms with E-state index >= 15 is 0 Å². The highest BCUT2D eigenvalue weighted by Gasteiger charge is 2.58. The van der Waals surface area contributed by atoms with Gasteiger partial charge in [0.2, 0.25) is 0 Å².